The van der Waals surface area contributed by atoms with E-state index in [-0.39, 0.29) is 11.4 Å². The van der Waals surface area contributed by atoms with Crippen molar-refractivity contribution in [3.63, 3.8) is 0 Å². The maximum atomic E-state index is 10.8. The van der Waals surface area contributed by atoms with Crippen LogP contribution in [0.15, 0.2) is 33.3 Å². The molecular formula is C10H6Br2N2O3. The molecule has 5 nitrogen and oxygen atoms in total. The van der Waals surface area contributed by atoms with Crippen LogP contribution in [0.1, 0.15) is 10.5 Å². The van der Waals surface area contributed by atoms with Crippen molar-refractivity contribution in [1.29, 1.82) is 0 Å². The van der Waals surface area contributed by atoms with Gasteiger partial charge in [0.05, 0.1) is 11.9 Å². The molecule has 17 heavy (non-hydrogen) atoms. The summed E-state index contributed by atoms with van der Waals surface area (Å²) in [6.45, 7) is 0. The molecule has 0 radical (unpaired) electrons. The molecule has 0 aliphatic heterocycles. The van der Waals surface area contributed by atoms with Gasteiger partial charge in [0.25, 0.3) is 0 Å². The Labute approximate surface area is 113 Å². The van der Waals surface area contributed by atoms with Crippen LogP contribution in [-0.2, 0) is 0 Å². The average Bonchev–Trinajstić information content (AvgIpc) is 2.64. The van der Waals surface area contributed by atoms with Crippen molar-refractivity contribution >= 4 is 37.8 Å². The minimum Gasteiger partial charge on any atom is -0.504 e. The molecular weight excluding hydrogens is 356 g/mol. The first kappa shape index (κ1) is 12.1. The summed E-state index contributed by atoms with van der Waals surface area (Å²) in [5.41, 5.74) is 0.249. The second kappa shape index (κ2) is 4.50. The summed E-state index contributed by atoms with van der Waals surface area (Å²) >= 11 is 6.63. The van der Waals surface area contributed by atoms with Crippen LogP contribution in [0.4, 0.5) is 0 Å². The monoisotopic (exact) mass is 360 g/mol. The highest BCUT2D eigenvalue weighted by Crippen LogP contribution is 2.26. The molecule has 1 aromatic carbocycles. The van der Waals surface area contributed by atoms with Gasteiger partial charge < -0.3 is 10.2 Å². The van der Waals surface area contributed by atoms with Crippen LogP contribution in [0.3, 0.4) is 0 Å². The predicted molar refractivity (Wildman–Crippen MR) is 67.6 cm³/mol. The molecule has 0 unspecified atom stereocenters. The molecule has 0 atom stereocenters. The third-order valence-corrected chi connectivity index (χ3v) is 3.22. The zero-order valence-electron chi connectivity index (χ0n) is 8.26. The van der Waals surface area contributed by atoms with Crippen LogP contribution in [0.2, 0.25) is 0 Å². The number of aromatic nitrogens is 2. The fourth-order valence-electron chi connectivity index (χ4n) is 1.30. The van der Waals surface area contributed by atoms with Crippen molar-refractivity contribution in [3.05, 3.63) is 39.0 Å². The van der Waals surface area contributed by atoms with Gasteiger partial charge in [-0.05, 0) is 34.1 Å². The Morgan fingerprint density at radius 2 is 2.06 bits per heavy atom. The maximum Gasteiger partial charge on any atom is 0.360 e. The Kier molecular flexibility index (Phi) is 3.21. The Bertz CT molecular complexity index is 595. The number of hydrogen-bond donors (Lipinski definition) is 2. The number of rotatable bonds is 2. The lowest BCUT2D eigenvalue weighted by Gasteiger charge is -2.04. The van der Waals surface area contributed by atoms with E-state index in [0.717, 1.165) is 8.95 Å². The Balaban J connectivity index is 2.57. The van der Waals surface area contributed by atoms with Gasteiger partial charge in [0, 0.05) is 8.95 Å². The van der Waals surface area contributed by atoms with Crippen LogP contribution in [0.25, 0.3) is 5.69 Å². The lowest BCUT2D eigenvalue weighted by molar-refractivity contribution is 0.0687. The molecule has 0 spiro atoms. The highest BCUT2D eigenvalue weighted by atomic mass is 79.9. The van der Waals surface area contributed by atoms with Gasteiger partial charge in [-0.3, -0.25) is 0 Å². The van der Waals surface area contributed by atoms with E-state index in [4.69, 9.17) is 5.11 Å². The fraction of sp³-hybridized carbons (Fsp3) is 0. The smallest absolute Gasteiger partial charge is 0.360 e. The molecule has 0 saturated carbocycles. The SMILES string of the molecule is O=C(O)c1nn(-c2cc(Br)ccc2Br)cc1O. The molecule has 0 saturated heterocycles. The van der Waals surface area contributed by atoms with Crippen LogP contribution in [-0.4, -0.2) is 26.0 Å². The molecule has 1 heterocycles. The number of carboxylic acids is 1. The van der Waals surface area contributed by atoms with Crippen molar-refractivity contribution in [3.8, 4) is 11.4 Å². The van der Waals surface area contributed by atoms with Crippen LogP contribution in [0, 0.1) is 0 Å². The number of halogens is 2. The molecule has 0 fully saturated rings. The number of aromatic carboxylic acids is 1. The van der Waals surface area contributed by atoms with E-state index in [1.165, 1.54) is 10.9 Å². The van der Waals surface area contributed by atoms with E-state index in [2.05, 4.69) is 37.0 Å². The summed E-state index contributed by atoms with van der Waals surface area (Å²) in [5.74, 6) is -1.64. The Morgan fingerprint density at radius 3 is 2.65 bits per heavy atom. The van der Waals surface area contributed by atoms with Crippen molar-refractivity contribution in [2.24, 2.45) is 0 Å². The van der Waals surface area contributed by atoms with E-state index in [1.807, 2.05) is 6.07 Å². The van der Waals surface area contributed by atoms with Crippen molar-refractivity contribution in [1.82, 2.24) is 9.78 Å². The molecule has 2 rings (SSSR count). The van der Waals surface area contributed by atoms with E-state index < -0.39 is 5.97 Å². The lowest BCUT2D eigenvalue weighted by atomic mass is 10.3. The zero-order valence-corrected chi connectivity index (χ0v) is 11.4. The summed E-state index contributed by atoms with van der Waals surface area (Å²) in [6.07, 6.45) is 1.25. The van der Waals surface area contributed by atoms with Gasteiger partial charge in [0.1, 0.15) is 0 Å². The number of benzene rings is 1. The van der Waals surface area contributed by atoms with E-state index in [1.54, 1.807) is 12.1 Å². The first-order chi connectivity index (χ1) is 7.99. The minimum atomic E-state index is -1.27. The predicted octanol–water partition coefficient (Wildman–Crippen LogP) is 2.80. The first-order valence-corrected chi connectivity index (χ1v) is 6.05. The molecule has 2 N–H and O–H groups in total. The van der Waals surface area contributed by atoms with Crippen LogP contribution >= 0.6 is 31.9 Å². The number of nitrogens with zero attached hydrogens (tertiary/aromatic N) is 2. The van der Waals surface area contributed by atoms with E-state index in [9.17, 15) is 9.90 Å². The molecule has 7 heteroatoms. The highest BCUT2D eigenvalue weighted by Gasteiger charge is 2.16. The Morgan fingerprint density at radius 1 is 1.35 bits per heavy atom. The van der Waals surface area contributed by atoms with Crippen molar-refractivity contribution in [2.75, 3.05) is 0 Å². The third-order valence-electron chi connectivity index (χ3n) is 2.05. The van der Waals surface area contributed by atoms with Gasteiger partial charge in [-0.25, -0.2) is 9.48 Å². The molecule has 2 aromatic rings. The van der Waals surface area contributed by atoms with Gasteiger partial charge in [-0.15, -0.1) is 0 Å². The number of carboxylic acid groups (broad SMARTS) is 1. The van der Waals surface area contributed by atoms with Gasteiger partial charge >= 0.3 is 5.97 Å². The third kappa shape index (κ3) is 2.34. The second-order valence-corrected chi connectivity index (χ2v) is 4.98. The standard InChI is InChI=1S/C10H6Br2N2O3/c11-5-1-2-6(12)7(3-5)14-4-8(15)9(13-14)10(16)17/h1-4,15H,(H,16,17). The van der Waals surface area contributed by atoms with E-state index >= 15 is 0 Å². The number of aromatic hydroxyl groups is 1. The quantitative estimate of drug-likeness (QED) is 0.862. The van der Waals surface area contributed by atoms with Crippen molar-refractivity contribution in [2.45, 2.75) is 0 Å². The summed E-state index contributed by atoms with van der Waals surface area (Å²) in [4.78, 5) is 10.8. The van der Waals surface area contributed by atoms with Gasteiger partial charge in [-0.1, -0.05) is 15.9 Å². The summed E-state index contributed by atoms with van der Waals surface area (Å²) < 4.78 is 2.86. The Hall–Kier alpha value is -1.34. The lowest BCUT2D eigenvalue weighted by Crippen LogP contribution is -2.01. The molecule has 88 valence electrons. The van der Waals surface area contributed by atoms with Gasteiger partial charge in [0.15, 0.2) is 5.75 Å². The molecule has 0 aliphatic carbocycles. The highest BCUT2D eigenvalue weighted by molar-refractivity contribution is 9.11. The number of carbonyl (C=O) groups is 1. The number of hydrogen-bond acceptors (Lipinski definition) is 3. The summed E-state index contributed by atoms with van der Waals surface area (Å²) in [7, 11) is 0. The molecule has 0 bridgehead atoms. The van der Waals surface area contributed by atoms with Gasteiger partial charge in [0.2, 0.25) is 5.69 Å². The molecule has 1 aromatic heterocycles. The molecule has 0 amide bonds. The maximum absolute atomic E-state index is 10.8. The van der Waals surface area contributed by atoms with Gasteiger partial charge in [-0.2, -0.15) is 5.10 Å². The average molecular weight is 362 g/mol. The van der Waals surface area contributed by atoms with Crippen molar-refractivity contribution < 1.29 is 15.0 Å². The fourth-order valence-corrected chi connectivity index (χ4v) is 2.08. The second-order valence-electron chi connectivity index (χ2n) is 3.21. The van der Waals surface area contributed by atoms with E-state index in [0.29, 0.717) is 5.69 Å². The van der Waals surface area contributed by atoms with Crippen LogP contribution < -0.4 is 0 Å². The summed E-state index contributed by atoms with van der Waals surface area (Å²) in [6, 6.07) is 5.37. The van der Waals surface area contributed by atoms with Crippen LogP contribution in [0.5, 0.6) is 5.75 Å². The largest absolute Gasteiger partial charge is 0.504 e. The first-order valence-electron chi connectivity index (χ1n) is 4.46. The minimum absolute atomic E-state index is 0.371. The summed E-state index contributed by atoms with van der Waals surface area (Å²) in [5, 5.41) is 22.0. The topological polar surface area (TPSA) is 75.3 Å². The molecule has 0 aliphatic rings. The normalized spacial score (nSPS) is 10.5. The zero-order chi connectivity index (χ0) is 12.6.